The minimum atomic E-state index is -1.75. The second-order valence-corrected chi connectivity index (χ2v) is 3.79. The molecule has 4 heteroatoms. The molecule has 11 heavy (non-hydrogen) atoms. The van der Waals surface area contributed by atoms with Gasteiger partial charge in [0.05, 0.1) is 6.54 Å². The van der Waals surface area contributed by atoms with E-state index in [0.717, 1.165) is 5.56 Å². The number of nitrogens with one attached hydrogen (secondary N) is 1. The largest absolute Gasteiger partial charge is 0.554 e. The highest BCUT2D eigenvalue weighted by Gasteiger charge is 2.08. The third-order valence-corrected chi connectivity index (χ3v) is 2.02. The molecule has 0 heterocycles. The summed E-state index contributed by atoms with van der Waals surface area (Å²) in [4.78, 5) is 0. The van der Waals surface area contributed by atoms with Gasteiger partial charge >= 0.3 is 7.30 Å². The number of benzene rings is 1. The number of rotatable bonds is 3. The van der Waals surface area contributed by atoms with E-state index in [2.05, 4.69) is 5.09 Å². The fraction of sp³-hybridized carbons (Fsp3) is 0.143. The van der Waals surface area contributed by atoms with Gasteiger partial charge in [0.2, 0.25) is 11.2 Å². The van der Waals surface area contributed by atoms with Crippen LogP contribution in [0.4, 0.5) is 0 Å². The maximum atomic E-state index is 10.4. The highest BCUT2D eigenvalue weighted by atomic mass is 35.7. The predicted octanol–water partition coefficient (Wildman–Crippen LogP) is 2.67. The van der Waals surface area contributed by atoms with E-state index in [1.165, 1.54) is 0 Å². The molecule has 1 aromatic carbocycles. The van der Waals surface area contributed by atoms with E-state index in [1.54, 1.807) is 0 Å². The van der Waals surface area contributed by atoms with Crippen molar-refractivity contribution in [3.63, 3.8) is 0 Å². The van der Waals surface area contributed by atoms with Gasteiger partial charge in [0.1, 0.15) is 0 Å². The molecule has 1 N–H and O–H groups in total. The number of hydrogen-bond acceptors (Lipinski definition) is 1. The maximum Gasteiger partial charge on any atom is 0.554 e. The Morgan fingerprint density at radius 1 is 1.36 bits per heavy atom. The zero-order valence-electron chi connectivity index (χ0n) is 5.83. The van der Waals surface area contributed by atoms with Crippen molar-refractivity contribution in [1.29, 1.82) is 0 Å². The minimum Gasteiger partial charge on any atom is -0.0880 e. The molecule has 0 aromatic heterocycles. The van der Waals surface area contributed by atoms with Gasteiger partial charge in [-0.15, -0.1) is 0 Å². The van der Waals surface area contributed by atoms with Gasteiger partial charge < -0.3 is 0 Å². The Bertz CT molecular complexity index is 239. The molecule has 0 aliphatic carbocycles. The Labute approximate surface area is 71.2 Å². The first kappa shape index (κ1) is 8.66. The van der Waals surface area contributed by atoms with Crippen LogP contribution in [0.2, 0.25) is 0 Å². The Morgan fingerprint density at radius 2 is 2.00 bits per heavy atom. The first-order chi connectivity index (χ1) is 5.29. The van der Waals surface area contributed by atoms with Gasteiger partial charge in [-0.3, -0.25) is 0 Å². The highest BCUT2D eigenvalue weighted by molar-refractivity contribution is 7.72. The topological polar surface area (TPSA) is 29.1 Å². The fourth-order valence-corrected chi connectivity index (χ4v) is 1.24. The van der Waals surface area contributed by atoms with Crippen LogP contribution in [0, 0.1) is 0 Å². The summed E-state index contributed by atoms with van der Waals surface area (Å²) in [5.74, 6) is 0. The standard InChI is InChI=1S/C7H8ClNOP/c8-11(10)9-6-7-4-2-1-3-5-7/h1-5H,6H2,(H,9,10)/q+1. The Hall–Kier alpha value is -0.430. The van der Waals surface area contributed by atoms with Crippen LogP contribution in [0.25, 0.3) is 0 Å². The highest BCUT2D eigenvalue weighted by Crippen LogP contribution is 2.20. The van der Waals surface area contributed by atoms with Crippen LogP contribution in [0.3, 0.4) is 0 Å². The van der Waals surface area contributed by atoms with Crippen molar-refractivity contribution in [3.05, 3.63) is 35.9 Å². The molecule has 58 valence electrons. The fourth-order valence-electron chi connectivity index (χ4n) is 0.749. The number of hydrogen-bond donors (Lipinski definition) is 1. The van der Waals surface area contributed by atoms with Gasteiger partial charge in [0.15, 0.2) is 0 Å². The molecule has 1 atom stereocenters. The Kier molecular flexibility index (Phi) is 3.50. The maximum absolute atomic E-state index is 10.4. The first-order valence-corrected chi connectivity index (χ1v) is 5.36. The summed E-state index contributed by atoms with van der Waals surface area (Å²) in [6.45, 7) is 0.555. The Morgan fingerprint density at radius 3 is 2.55 bits per heavy atom. The zero-order valence-corrected chi connectivity index (χ0v) is 7.48. The van der Waals surface area contributed by atoms with Crippen molar-refractivity contribution in [3.8, 4) is 0 Å². The summed E-state index contributed by atoms with van der Waals surface area (Å²) in [6, 6.07) is 9.69. The molecule has 0 saturated heterocycles. The molecule has 0 aliphatic rings. The van der Waals surface area contributed by atoms with E-state index >= 15 is 0 Å². The van der Waals surface area contributed by atoms with Gasteiger partial charge in [-0.25, -0.2) is 0 Å². The number of halogens is 1. The van der Waals surface area contributed by atoms with Crippen LogP contribution in [0.15, 0.2) is 30.3 Å². The lowest BCUT2D eigenvalue weighted by Crippen LogP contribution is -1.99. The monoisotopic (exact) mass is 188 g/mol. The lowest BCUT2D eigenvalue weighted by Gasteiger charge is -1.92. The van der Waals surface area contributed by atoms with E-state index in [1.807, 2.05) is 30.3 Å². The lowest BCUT2D eigenvalue weighted by atomic mass is 10.2. The van der Waals surface area contributed by atoms with Crippen LogP contribution >= 0.6 is 18.5 Å². The quantitative estimate of drug-likeness (QED) is 0.739. The van der Waals surface area contributed by atoms with Gasteiger partial charge in [0, 0.05) is 0 Å². The summed E-state index contributed by atoms with van der Waals surface area (Å²) < 4.78 is 10.4. The van der Waals surface area contributed by atoms with Gasteiger partial charge in [0.25, 0.3) is 0 Å². The molecule has 0 amide bonds. The van der Waals surface area contributed by atoms with Crippen LogP contribution < -0.4 is 5.09 Å². The van der Waals surface area contributed by atoms with E-state index in [-0.39, 0.29) is 0 Å². The minimum absolute atomic E-state index is 0.555. The van der Waals surface area contributed by atoms with Crippen molar-refractivity contribution in [1.82, 2.24) is 5.09 Å². The predicted molar refractivity (Wildman–Crippen MR) is 46.7 cm³/mol. The van der Waals surface area contributed by atoms with Crippen LogP contribution in [-0.2, 0) is 11.1 Å². The molecule has 1 rings (SSSR count). The van der Waals surface area contributed by atoms with Crippen molar-refractivity contribution >= 4 is 18.5 Å². The van der Waals surface area contributed by atoms with Crippen molar-refractivity contribution < 1.29 is 4.57 Å². The summed E-state index contributed by atoms with van der Waals surface area (Å²) in [5.41, 5.74) is 1.08. The summed E-state index contributed by atoms with van der Waals surface area (Å²) in [7, 11) is -1.75. The molecule has 0 saturated carbocycles. The van der Waals surface area contributed by atoms with Crippen molar-refractivity contribution in [2.24, 2.45) is 0 Å². The summed E-state index contributed by atoms with van der Waals surface area (Å²) in [5, 5.41) is 2.64. The van der Waals surface area contributed by atoms with Crippen molar-refractivity contribution in [2.45, 2.75) is 6.54 Å². The Balaban J connectivity index is 2.45. The third-order valence-electron chi connectivity index (χ3n) is 1.25. The van der Waals surface area contributed by atoms with Crippen LogP contribution in [-0.4, -0.2) is 0 Å². The molecule has 0 bridgehead atoms. The molecule has 1 unspecified atom stereocenters. The third kappa shape index (κ3) is 3.47. The normalized spacial score (nSPS) is 11.2. The zero-order chi connectivity index (χ0) is 8.10. The first-order valence-electron chi connectivity index (χ1n) is 3.19. The molecular weight excluding hydrogens is 181 g/mol. The average molecular weight is 189 g/mol. The van der Waals surface area contributed by atoms with E-state index in [0.29, 0.717) is 6.54 Å². The van der Waals surface area contributed by atoms with Crippen LogP contribution in [0.1, 0.15) is 5.56 Å². The molecule has 0 radical (unpaired) electrons. The van der Waals surface area contributed by atoms with E-state index in [9.17, 15) is 4.57 Å². The molecule has 2 nitrogen and oxygen atoms in total. The summed E-state index contributed by atoms with van der Waals surface area (Å²) >= 11 is 5.23. The molecule has 0 aliphatic heterocycles. The van der Waals surface area contributed by atoms with Gasteiger partial charge in [-0.2, -0.15) is 0 Å². The van der Waals surface area contributed by atoms with E-state index in [4.69, 9.17) is 11.2 Å². The second kappa shape index (κ2) is 4.45. The summed E-state index contributed by atoms with van der Waals surface area (Å²) in [6.07, 6.45) is 0. The molecular formula is C7H8ClNOP+. The lowest BCUT2D eigenvalue weighted by molar-refractivity contribution is 0.588. The van der Waals surface area contributed by atoms with Crippen molar-refractivity contribution in [2.75, 3.05) is 0 Å². The second-order valence-electron chi connectivity index (χ2n) is 2.07. The molecule has 0 spiro atoms. The molecule has 1 aromatic rings. The average Bonchev–Trinajstić information content (AvgIpc) is 2.03. The van der Waals surface area contributed by atoms with Gasteiger partial charge in [-0.05, 0) is 10.1 Å². The van der Waals surface area contributed by atoms with Crippen LogP contribution in [0.5, 0.6) is 0 Å². The van der Waals surface area contributed by atoms with Gasteiger partial charge in [-0.1, -0.05) is 35.4 Å². The smallest absolute Gasteiger partial charge is 0.0880 e. The SMILES string of the molecule is O=[P+](Cl)NCc1ccccc1. The molecule has 0 fully saturated rings. The van der Waals surface area contributed by atoms with E-state index < -0.39 is 7.30 Å².